The average molecular weight is 720 g/mol. The van der Waals surface area contributed by atoms with E-state index in [1.54, 1.807) is 0 Å². The maximum Gasteiger partial charge on any atom is 0.136 e. The van der Waals surface area contributed by atoms with Crippen molar-refractivity contribution in [3.05, 3.63) is 198 Å². The van der Waals surface area contributed by atoms with Gasteiger partial charge in [0.05, 0.1) is 11.4 Å². The first-order valence-corrected chi connectivity index (χ1v) is 19.7. The second-order valence-corrected chi connectivity index (χ2v) is 16.5. The predicted octanol–water partition coefficient (Wildman–Crippen LogP) is 15.0. The van der Waals surface area contributed by atoms with E-state index in [9.17, 15) is 0 Å². The van der Waals surface area contributed by atoms with Crippen molar-refractivity contribution in [3.8, 4) is 44.5 Å². The summed E-state index contributed by atoms with van der Waals surface area (Å²) < 4.78 is 6.43. The number of hydrogen-bond donors (Lipinski definition) is 0. The molecule has 0 aliphatic heterocycles. The molecular formula is C54H41NO. The Morgan fingerprint density at radius 1 is 0.375 bits per heavy atom. The zero-order valence-electron chi connectivity index (χ0n) is 32.1. The molecule has 9 aromatic rings. The van der Waals surface area contributed by atoms with Crippen LogP contribution in [0.25, 0.3) is 66.4 Å². The van der Waals surface area contributed by atoms with Crippen molar-refractivity contribution < 1.29 is 4.42 Å². The average Bonchev–Trinajstić information content (AvgIpc) is 3.81. The summed E-state index contributed by atoms with van der Waals surface area (Å²) in [5.74, 6) is 0. The highest BCUT2D eigenvalue weighted by atomic mass is 16.3. The van der Waals surface area contributed by atoms with E-state index in [1.807, 2.05) is 6.07 Å². The first-order chi connectivity index (χ1) is 27.3. The Labute approximate surface area is 328 Å². The summed E-state index contributed by atoms with van der Waals surface area (Å²) in [6, 6.07) is 64.6. The number of nitrogens with zero attached hydrogens (tertiary/aromatic N) is 1. The van der Waals surface area contributed by atoms with Gasteiger partial charge < -0.3 is 9.32 Å². The van der Waals surface area contributed by atoms with Crippen molar-refractivity contribution in [3.63, 3.8) is 0 Å². The lowest BCUT2D eigenvalue weighted by molar-refractivity contribution is 0.660. The summed E-state index contributed by atoms with van der Waals surface area (Å²) in [5, 5.41) is 2.27. The summed E-state index contributed by atoms with van der Waals surface area (Å²) >= 11 is 0. The Kier molecular flexibility index (Phi) is 6.98. The highest BCUT2D eigenvalue weighted by molar-refractivity contribution is 6.07. The maximum absolute atomic E-state index is 6.43. The number of para-hydroxylation sites is 2. The monoisotopic (exact) mass is 719 g/mol. The molecule has 0 radical (unpaired) electrons. The minimum Gasteiger partial charge on any atom is -0.456 e. The smallest absolute Gasteiger partial charge is 0.136 e. The van der Waals surface area contributed by atoms with Crippen molar-refractivity contribution in [2.24, 2.45) is 0 Å². The second kappa shape index (κ2) is 11.9. The van der Waals surface area contributed by atoms with Gasteiger partial charge in [-0.3, -0.25) is 0 Å². The van der Waals surface area contributed by atoms with Gasteiger partial charge in [-0.05, 0) is 98.1 Å². The molecule has 0 N–H and O–H groups in total. The van der Waals surface area contributed by atoms with Crippen LogP contribution in [0.15, 0.2) is 180 Å². The van der Waals surface area contributed by atoms with Crippen LogP contribution < -0.4 is 4.90 Å². The number of benzene rings is 8. The van der Waals surface area contributed by atoms with E-state index in [4.69, 9.17) is 4.42 Å². The Bertz CT molecular complexity index is 3050. The quantitative estimate of drug-likeness (QED) is 0.176. The third-order valence-corrected chi connectivity index (χ3v) is 12.7. The van der Waals surface area contributed by atoms with Crippen LogP contribution in [0.5, 0.6) is 0 Å². The van der Waals surface area contributed by atoms with Gasteiger partial charge in [0.15, 0.2) is 0 Å². The molecule has 0 fully saturated rings. The van der Waals surface area contributed by atoms with Gasteiger partial charge in [-0.2, -0.15) is 0 Å². The van der Waals surface area contributed by atoms with Crippen LogP contribution in [0.1, 0.15) is 49.9 Å². The molecule has 0 saturated heterocycles. The fourth-order valence-electron chi connectivity index (χ4n) is 9.94. The second-order valence-electron chi connectivity index (χ2n) is 16.5. The normalized spacial score (nSPS) is 14.4. The number of furan rings is 1. The molecule has 2 aliphatic carbocycles. The Hall–Kier alpha value is -6.64. The number of fused-ring (bicyclic) bond motifs is 9. The molecule has 1 heterocycles. The molecule has 0 unspecified atom stereocenters. The first-order valence-electron chi connectivity index (χ1n) is 19.7. The van der Waals surface area contributed by atoms with Crippen LogP contribution in [0.3, 0.4) is 0 Å². The van der Waals surface area contributed by atoms with E-state index in [0.29, 0.717) is 0 Å². The van der Waals surface area contributed by atoms with Gasteiger partial charge in [-0.1, -0.05) is 161 Å². The number of rotatable bonds is 5. The topological polar surface area (TPSA) is 16.4 Å². The fourth-order valence-corrected chi connectivity index (χ4v) is 9.94. The van der Waals surface area contributed by atoms with Gasteiger partial charge in [0.1, 0.15) is 11.2 Å². The van der Waals surface area contributed by atoms with Crippen molar-refractivity contribution in [1.82, 2.24) is 0 Å². The minimum absolute atomic E-state index is 0.0732. The fraction of sp³-hybridized carbons (Fsp3) is 0.111. The molecule has 0 amide bonds. The molecule has 56 heavy (non-hydrogen) atoms. The largest absolute Gasteiger partial charge is 0.456 e. The van der Waals surface area contributed by atoms with E-state index >= 15 is 0 Å². The predicted molar refractivity (Wildman–Crippen MR) is 234 cm³/mol. The van der Waals surface area contributed by atoms with E-state index in [0.717, 1.165) is 44.4 Å². The van der Waals surface area contributed by atoms with Crippen LogP contribution in [-0.2, 0) is 10.8 Å². The molecule has 0 bridgehead atoms. The summed E-state index contributed by atoms with van der Waals surface area (Å²) in [6.45, 7) is 9.43. The Balaban J connectivity index is 1.16. The van der Waals surface area contributed by atoms with E-state index in [-0.39, 0.29) is 10.8 Å². The van der Waals surface area contributed by atoms with Gasteiger partial charge in [0.25, 0.3) is 0 Å². The lowest BCUT2D eigenvalue weighted by Crippen LogP contribution is -2.16. The van der Waals surface area contributed by atoms with Gasteiger partial charge in [-0.25, -0.2) is 0 Å². The zero-order valence-corrected chi connectivity index (χ0v) is 32.1. The molecule has 11 rings (SSSR count). The molecule has 2 aliphatic rings. The molecule has 1 aromatic heterocycles. The van der Waals surface area contributed by atoms with Crippen LogP contribution in [0.4, 0.5) is 17.1 Å². The minimum atomic E-state index is -0.133. The summed E-state index contributed by atoms with van der Waals surface area (Å²) in [7, 11) is 0. The number of anilines is 3. The van der Waals surface area contributed by atoms with Crippen LogP contribution in [0, 0.1) is 0 Å². The Morgan fingerprint density at radius 2 is 0.911 bits per heavy atom. The number of hydrogen-bond acceptors (Lipinski definition) is 2. The summed E-state index contributed by atoms with van der Waals surface area (Å²) in [5.41, 5.74) is 20.4. The summed E-state index contributed by atoms with van der Waals surface area (Å²) in [6.07, 6.45) is 0. The standard InChI is InChI=1S/C54H41NO/c1-53(2)43-23-9-5-20-41(43)51-38(22-14-25-45(51)53)34-16-13-17-36(32-34)55(48-28-15-26-46-52(48)42-21-6-10-24-44(42)54(46,3)4)47-27-11-7-18-37(47)35-30-31-40-39-19-8-12-29-49(39)56-50(40)33-35/h5-33H,1-4H3. The van der Waals surface area contributed by atoms with Gasteiger partial charge in [0.2, 0.25) is 0 Å². The highest BCUT2D eigenvalue weighted by Gasteiger charge is 2.39. The molecular weight excluding hydrogens is 679 g/mol. The molecule has 2 heteroatoms. The maximum atomic E-state index is 6.43. The van der Waals surface area contributed by atoms with Crippen LogP contribution >= 0.6 is 0 Å². The van der Waals surface area contributed by atoms with Crippen molar-refractivity contribution in [1.29, 1.82) is 0 Å². The lowest BCUT2D eigenvalue weighted by atomic mass is 9.82. The van der Waals surface area contributed by atoms with Crippen LogP contribution in [-0.4, -0.2) is 0 Å². The molecule has 8 aromatic carbocycles. The van der Waals surface area contributed by atoms with Gasteiger partial charge in [0, 0.05) is 38.4 Å². The van der Waals surface area contributed by atoms with E-state index < -0.39 is 0 Å². The van der Waals surface area contributed by atoms with Gasteiger partial charge >= 0.3 is 0 Å². The first kappa shape index (κ1) is 32.8. The molecule has 0 saturated carbocycles. The molecule has 0 spiro atoms. The Morgan fingerprint density at radius 3 is 1.70 bits per heavy atom. The van der Waals surface area contributed by atoms with Crippen LogP contribution in [0.2, 0.25) is 0 Å². The van der Waals surface area contributed by atoms with Crippen molar-refractivity contribution >= 4 is 39.0 Å². The summed E-state index contributed by atoms with van der Waals surface area (Å²) in [4.78, 5) is 2.50. The van der Waals surface area contributed by atoms with Crippen molar-refractivity contribution in [2.75, 3.05) is 4.90 Å². The van der Waals surface area contributed by atoms with Crippen molar-refractivity contribution in [2.45, 2.75) is 38.5 Å². The third kappa shape index (κ3) is 4.62. The van der Waals surface area contributed by atoms with E-state index in [1.165, 1.54) is 61.3 Å². The van der Waals surface area contributed by atoms with Gasteiger partial charge in [-0.15, -0.1) is 0 Å². The molecule has 268 valence electrons. The third-order valence-electron chi connectivity index (χ3n) is 12.7. The SMILES string of the molecule is CC1(C)c2ccccc2-c2c(-c3cccc(N(c4ccccc4-c4ccc5c(c4)oc4ccccc45)c4cccc5c4-c4ccccc4C5(C)C)c3)cccc21. The molecule has 2 nitrogen and oxygen atoms in total. The highest BCUT2D eigenvalue weighted by Crippen LogP contribution is 2.56. The zero-order chi connectivity index (χ0) is 37.8. The van der Waals surface area contributed by atoms with E-state index in [2.05, 4.69) is 202 Å². The lowest BCUT2D eigenvalue weighted by Gasteiger charge is -2.31. The molecule has 0 atom stereocenters.